The molecule has 1 heterocycles. The lowest BCUT2D eigenvalue weighted by Crippen LogP contribution is -2.62. The van der Waals surface area contributed by atoms with Crippen molar-refractivity contribution >= 4 is 5.78 Å². The van der Waals surface area contributed by atoms with Gasteiger partial charge in [-0.1, -0.05) is 0 Å². The van der Waals surface area contributed by atoms with E-state index in [0.717, 1.165) is 12.1 Å². The predicted molar refractivity (Wildman–Crippen MR) is 58.5 cm³/mol. The van der Waals surface area contributed by atoms with Crippen molar-refractivity contribution in [3.63, 3.8) is 0 Å². The Hall–Kier alpha value is -1.90. The summed E-state index contributed by atoms with van der Waals surface area (Å²) in [4.78, 5) is 11.7. The van der Waals surface area contributed by atoms with E-state index in [0.29, 0.717) is 0 Å². The number of fused-ring (bicyclic) bond motifs is 1. The van der Waals surface area contributed by atoms with Crippen LogP contribution in [0, 0.1) is 0 Å². The molecule has 0 aliphatic carbocycles. The van der Waals surface area contributed by atoms with E-state index in [-0.39, 0.29) is 11.3 Å². The summed E-state index contributed by atoms with van der Waals surface area (Å²) in [7, 11) is 1.28. The van der Waals surface area contributed by atoms with Gasteiger partial charge in [-0.15, -0.1) is 0 Å². The van der Waals surface area contributed by atoms with E-state index in [9.17, 15) is 31.9 Å². The molecule has 9 heteroatoms. The number of hydrogen-bond acceptors (Lipinski definition) is 4. The number of carbonyl (C=O) groups is 1. The Morgan fingerprint density at radius 1 is 1.29 bits per heavy atom. The molecular weight excluding hydrogens is 303 g/mol. The van der Waals surface area contributed by atoms with Gasteiger partial charge in [0.05, 0.1) is 19.1 Å². The van der Waals surface area contributed by atoms with Gasteiger partial charge in [-0.3, -0.25) is 4.79 Å². The minimum atomic E-state index is -6.06. The predicted octanol–water partition coefficient (Wildman–Crippen LogP) is 2.55. The van der Waals surface area contributed by atoms with E-state index in [1.807, 2.05) is 0 Å². The molecule has 0 radical (unpaired) electrons. The number of benzene rings is 1. The summed E-state index contributed by atoms with van der Waals surface area (Å²) in [6.07, 6.45) is -7.59. The van der Waals surface area contributed by atoms with Crippen molar-refractivity contribution < 1.29 is 41.3 Å². The lowest BCUT2D eigenvalue weighted by molar-refractivity contribution is -0.384. The minimum absolute atomic E-state index is 0.193. The standard InChI is InChI=1S/C12H9F5O4/c1-20-6-2-3-9-7(4-6)8(18)5-10(19,21-9)11(13,14)12(15,16)17/h2-4,19H,5H2,1H3/t10-/m1/s1. The smallest absolute Gasteiger partial charge is 0.460 e. The molecule has 0 amide bonds. The molecule has 116 valence electrons. The molecule has 1 N–H and O–H groups in total. The van der Waals surface area contributed by atoms with E-state index in [2.05, 4.69) is 4.74 Å². The number of carbonyl (C=O) groups excluding carboxylic acids is 1. The van der Waals surface area contributed by atoms with Crippen LogP contribution < -0.4 is 9.47 Å². The lowest BCUT2D eigenvalue weighted by atomic mass is 9.93. The van der Waals surface area contributed by atoms with Gasteiger partial charge in [-0.05, 0) is 18.2 Å². The summed E-state index contributed by atoms with van der Waals surface area (Å²) >= 11 is 0. The SMILES string of the molecule is COc1ccc2c(c1)C(=O)C[C@](O)(C(F)(F)C(F)(F)F)O2. The van der Waals surface area contributed by atoms with E-state index in [1.165, 1.54) is 13.2 Å². The molecule has 21 heavy (non-hydrogen) atoms. The van der Waals surface area contributed by atoms with Crippen LogP contribution in [-0.2, 0) is 0 Å². The molecule has 1 aromatic carbocycles. The quantitative estimate of drug-likeness (QED) is 0.853. The number of ether oxygens (including phenoxy) is 2. The number of rotatable bonds is 2. The average molecular weight is 312 g/mol. The molecule has 0 aromatic heterocycles. The van der Waals surface area contributed by atoms with Gasteiger partial charge in [0.1, 0.15) is 11.5 Å². The van der Waals surface area contributed by atoms with Gasteiger partial charge in [0.25, 0.3) is 5.79 Å². The van der Waals surface area contributed by atoms with Gasteiger partial charge in [-0.2, -0.15) is 22.0 Å². The summed E-state index contributed by atoms with van der Waals surface area (Å²) in [5.74, 6) is -11.1. The third kappa shape index (κ3) is 2.31. The van der Waals surface area contributed by atoms with E-state index in [4.69, 9.17) is 4.74 Å². The molecule has 1 atom stereocenters. The van der Waals surface area contributed by atoms with Gasteiger partial charge in [0, 0.05) is 0 Å². The Bertz CT molecular complexity index is 584. The molecule has 1 aliphatic rings. The Kier molecular flexibility index (Phi) is 3.36. The van der Waals surface area contributed by atoms with Crippen molar-refractivity contribution in [3.8, 4) is 11.5 Å². The van der Waals surface area contributed by atoms with E-state index < -0.39 is 35.8 Å². The van der Waals surface area contributed by atoms with Gasteiger partial charge in [-0.25, -0.2) is 0 Å². The number of ketones is 1. The first-order valence-corrected chi connectivity index (χ1v) is 5.59. The largest absolute Gasteiger partial charge is 0.497 e. The van der Waals surface area contributed by atoms with Crippen molar-refractivity contribution in [2.75, 3.05) is 7.11 Å². The summed E-state index contributed by atoms with van der Waals surface area (Å²) in [6.45, 7) is 0. The summed E-state index contributed by atoms with van der Waals surface area (Å²) < 4.78 is 73.0. The molecule has 0 saturated carbocycles. The Morgan fingerprint density at radius 3 is 2.43 bits per heavy atom. The second-order valence-corrected chi connectivity index (χ2v) is 4.42. The molecule has 0 spiro atoms. The molecule has 0 saturated heterocycles. The van der Waals surface area contributed by atoms with Crippen LogP contribution in [0.1, 0.15) is 16.8 Å². The maximum Gasteiger partial charge on any atom is 0.460 e. The van der Waals surface area contributed by atoms with E-state index in [1.54, 1.807) is 0 Å². The third-order valence-electron chi connectivity index (χ3n) is 3.01. The Labute approximate surface area is 115 Å². The number of Topliss-reactive ketones (excluding diaryl/α,β-unsaturated/α-hetero) is 1. The summed E-state index contributed by atoms with van der Waals surface area (Å²) in [5, 5.41) is 9.53. The fraction of sp³-hybridized carbons (Fsp3) is 0.417. The molecule has 0 unspecified atom stereocenters. The number of aliphatic hydroxyl groups is 1. The van der Waals surface area contributed by atoms with Crippen molar-refractivity contribution in [2.45, 2.75) is 24.3 Å². The number of halogens is 5. The molecule has 1 aliphatic heterocycles. The normalized spacial score (nSPS) is 22.5. The second-order valence-electron chi connectivity index (χ2n) is 4.42. The highest BCUT2D eigenvalue weighted by molar-refractivity contribution is 6.00. The summed E-state index contributed by atoms with van der Waals surface area (Å²) in [5.41, 5.74) is -0.239. The van der Waals surface area contributed by atoms with Crippen molar-refractivity contribution in [2.24, 2.45) is 0 Å². The first kappa shape index (κ1) is 15.5. The number of hydrogen-bond donors (Lipinski definition) is 1. The van der Waals surface area contributed by atoms with Crippen LogP contribution in [0.5, 0.6) is 11.5 Å². The zero-order chi connectivity index (χ0) is 16.1. The monoisotopic (exact) mass is 312 g/mol. The Balaban J connectivity index is 2.47. The minimum Gasteiger partial charge on any atom is -0.497 e. The zero-order valence-electron chi connectivity index (χ0n) is 10.5. The maximum absolute atomic E-state index is 13.3. The molecule has 0 fully saturated rings. The molecular formula is C12H9F5O4. The number of alkyl halides is 5. The highest BCUT2D eigenvalue weighted by Gasteiger charge is 2.73. The lowest BCUT2D eigenvalue weighted by Gasteiger charge is -2.38. The molecule has 4 nitrogen and oxygen atoms in total. The third-order valence-corrected chi connectivity index (χ3v) is 3.01. The van der Waals surface area contributed by atoms with Crippen molar-refractivity contribution in [1.29, 1.82) is 0 Å². The fourth-order valence-corrected chi connectivity index (χ4v) is 1.87. The fourth-order valence-electron chi connectivity index (χ4n) is 1.87. The summed E-state index contributed by atoms with van der Waals surface area (Å²) in [6, 6.07) is 3.30. The average Bonchev–Trinajstić information content (AvgIpc) is 2.36. The maximum atomic E-state index is 13.3. The van der Waals surface area contributed by atoms with Gasteiger partial charge >= 0.3 is 12.1 Å². The highest BCUT2D eigenvalue weighted by atomic mass is 19.4. The van der Waals surface area contributed by atoms with Crippen LogP contribution in [-0.4, -0.2) is 35.9 Å². The van der Waals surface area contributed by atoms with Crippen molar-refractivity contribution in [3.05, 3.63) is 23.8 Å². The van der Waals surface area contributed by atoms with Gasteiger partial charge in [0.15, 0.2) is 5.78 Å². The van der Waals surface area contributed by atoms with Crippen LogP contribution in [0.3, 0.4) is 0 Å². The van der Waals surface area contributed by atoms with Crippen LogP contribution in [0.2, 0.25) is 0 Å². The number of methoxy groups -OCH3 is 1. The molecule has 1 aromatic rings. The van der Waals surface area contributed by atoms with Gasteiger partial charge in [0.2, 0.25) is 0 Å². The highest BCUT2D eigenvalue weighted by Crippen LogP contribution is 2.48. The topological polar surface area (TPSA) is 55.8 Å². The van der Waals surface area contributed by atoms with Crippen LogP contribution >= 0.6 is 0 Å². The van der Waals surface area contributed by atoms with Crippen LogP contribution in [0.4, 0.5) is 22.0 Å². The van der Waals surface area contributed by atoms with E-state index >= 15 is 0 Å². The Morgan fingerprint density at radius 2 is 1.90 bits per heavy atom. The van der Waals surface area contributed by atoms with Crippen LogP contribution in [0.25, 0.3) is 0 Å². The molecule has 0 bridgehead atoms. The second kappa shape index (κ2) is 4.55. The molecule has 2 rings (SSSR count). The zero-order valence-corrected chi connectivity index (χ0v) is 10.5. The van der Waals surface area contributed by atoms with Gasteiger partial charge < -0.3 is 14.6 Å². The first-order valence-electron chi connectivity index (χ1n) is 5.59. The van der Waals surface area contributed by atoms with Crippen LogP contribution in [0.15, 0.2) is 18.2 Å². The van der Waals surface area contributed by atoms with Crippen molar-refractivity contribution in [1.82, 2.24) is 0 Å². The first-order chi connectivity index (χ1) is 9.52.